The number of aryl methyl sites for hydroxylation is 1. The molecule has 5 heteroatoms. The maximum absolute atomic E-state index is 12.4. The molecule has 1 saturated carbocycles. The van der Waals surface area contributed by atoms with E-state index in [4.69, 9.17) is 0 Å². The van der Waals surface area contributed by atoms with Gasteiger partial charge in [-0.05, 0) is 37.3 Å². The zero-order valence-corrected chi connectivity index (χ0v) is 15.3. The summed E-state index contributed by atoms with van der Waals surface area (Å²) in [6.45, 7) is 8.71. The molecule has 24 heavy (non-hydrogen) atoms. The minimum Gasteiger partial charge on any atom is -0.392 e. The Morgan fingerprint density at radius 1 is 1.46 bits per heavy atom. The number of rotatable bonds is 5. The lowest BCUT2D eigenvalue weighted by Crippen LogP contribution is -2.48. The number of pyridine rings is 1. The number of carbonyl (C=O) groups is 1. The topological polar surface area (TPSA) is 74.2 Å². The number of amides is 2. The van der Waals surface area contributed by atoms with Crippen LogP contribution in [0.1, 0.15) is 63.8 Å². The van der Waals surface area contributed by atoms with Crippen LogP contribution in [-0.2, 0) is 0 Å². The summed E-state index contributed by atoms with van der Waals surface area (Å²) in [6.07, 6.45) is 5.36. The van der Waals surface area contributed by atoms with E-state index in [1.807, 2.05) is 19.1 Å². The maximum Gasteiger partial charge on any atom is 0.315 e. The molecule has 0 bridgehead atoms. The highest BCUT2D eigenvalue weighted by Gasteiger charge is 2.35. The predicted octanol–water partition coefficient (Wildman–Crippen LogP) is 3.33. The Kier molecular flexibility index (Phi) is 6.21. The molecule has 0 radical (unpaired) electrons. The lowest BCUT2D eigenvalue weighted by atomic mass is 9.73. The minimum atomic E-state index is -0.342. The van der Waals surface area contributed by atoms with E-state index in [-0.39, 0.29) is 29.5 Å². The summed E-state index contributed by atoms with van der Waals surface area (Å²) in [5.74, 6) is 0.236. The van der Waals surface area contributed by atoms with Gasteiger partial charge >= 0.3 is 6.03 Å². The summed E-state index contributed by atoms with van der Waals surface area (Å²) in [7, 11) is 0. The van der Waals surface area contributed by atoms with Gasteiger partial charge in [-0.1, -0.05) is 39.7 Å². The van der Waals surface area contributed by atoms with E-state index in [1.54, 1.807) is 6.20 Å². The quantitative estimate of drug-likeness (QED) is 0.774. The van der Waals surface area contributed by atoms with Crippen LogP contribution >= 0.6 is 0 Å². The van der Waals surface area contributed by atoms with Crippen molar-refractivity contribution in [2.45, 2.75) is 65.5 Å². The Labute approximate surface area is 145 Å². The van der Waals surface area contributed by atoms with Crippen LogP contribution in [0.25, 0.3) is 0 Å². The van der Waals surface area contributed by atoms with Gasteiger partial charge in [0.15, 0.2) is 0 Å². The van der Waals surface area contributed by atoms with Gasteiger partial charge in [-0.2, -0.15) is 0 Å². The number of urea groups is 1. The van der Waals surface area contributed by atoms with Crippen molar-refractivity contribution < 1.29 is 9.90 Å². The summed E-state index contributed by atoms with van der Waals surface area (Å²) in [6, 6.07) is 3.59. The molecule has 1 heterocycles. The van der Waals surface area contributed by atoms with Crippen molar-refractivity contribution in [1.82, 2.24) is 15.6 Å². The Bertz CT molecular complexity index is 561. The second kappa shape index (κ2) is 7.97. The first-order valence-corrected chi connectivity index (χ1v) is 8.97. The van der Waals surface area contributed by atoms with E-state index >= 15 is 0 Å². The fraction of sp³-hybridized carbons (Fsp3) is 0.684. The van der Waals surface area contributed by atoms with Crippen molar-refractivity contribution in [3.63, 3.8) is 0 Å². The summed E-state index contributed by atoms with van der Waals surface area (Å²) < 4.78 is 0. The summed E-state index contributed by atoms with van der Waals surface area (Å²) in [4.78, 5) is 16.8. The first-order valence-electron chi connectivity index (χ1n) is 8.97. The standard InChI is InChI=1S/C19H31N3O2/c1-13(2)16(17-14(3)8-7-11-20-17)22-18(24)21-12-19(4)10-6-5-9-15(19)23/h7-8,11,13,15-16,23H,5-6,9-10,12H2,1-4H3,(H2,21,22,24). The Morgan fingerprint density at radius 2 is 2.21 bits per heavy atom. The normalized spacial score (nSPS) is 25.3. The molecule has 1 fully saturated rings. The third-order valence-electron chi connectivity index (χ3n) is 5.23. The smallest absolute Gasteiger partial charge is 0.315 e. The largest absolute Gasteiger partial charge is 0.392 e. The summed E-state index contributed by atoms with van der Waals surface area (Å²) >= 11 is 0. The van der Waals surface area contributed by atoms with Crippen LogP contribution in [0.4, 0.5) is 4.79 Å². The van der Waals surface area contributed by atoms with E-state index < -0.39 is 0 Å². The number of nitrogens with zero attached hydrogens (tertiary/aromatic N) is 1. The SMILES string of the molecule is Cc1cccnc1C(NC(=O)NCC1(C)CCCCC1O)C(C)C. The van der Waals surface area contributed by atoms with E-state index in [1.165, 1.54) is 0 Å². The van der Waals surface area contributed by atoms with Gasteiger partial charge < -0.3 is 15.7 Å². The van der Waals surface area contributed by atoms with Crippen molar-refractivity contribution in [2.75, 3.05) is 6.54 Å². The molecule has 1 aliphatic carbocycles. The molecule has 2 amide bonds. The lowest BCUT2D eigenvalue weighted by molar-refractivity contribution is 0.00302. The number of aliphatic hydroxyl groups is 1. The molecule has 1 aliphatic rings. The highest BCUT2D eigenvalue weighted by molar-refractivity contribution is 5.74. The van der Waals surface area contributed by atoms with Crippen molar-refractivity contribution in [3.05, 3.63) is 29.6 Å². The van der Waals surface area contributed by atoms with E-state index in [9.17, 15) is 9.90 Å². The van der Waals surface area contributed by atoms with Crippen LogP contribution < -0.4 is 10.6 Å². The zero-order valence-electron chi connectivity index (χ0n) is 15.3. The molecule has 3 unspecified atom stereocenters. The first kappa shape index (κ1) is 18.7. The van der Waals surface area contributed by atoms with Gasteiger partial charge in [-0.15, -0.1) is 0 Å². The average molecular weight is 333 g/mol. The Hall–Kier alpha value is -1.62. The van der Waals surface area contributed by atoms with Crippen LogP contribution in [0.3, 0.4) is 0 Å². The zero-order chi connectivity index (χ0) is 17.7. The number of aliphatic hydroxyl groups excluding tert-OH is 1. The molecule has 5 nitrogen and oxygen atoms in total. The molecule has 2 rings (SSSR count). The fourth-order valence-corrected chi connectivity index (χ4v) is 3.44. The van der Waals surface area contributed by atoms with Crippen molar-refractivity contribution in [2.24, 2.45) is 11.3 Å². The molecule has 3 atom stereocenters. The van der Waals surface area contributed by atoms with Crippen LogP contribution in [0, 0.1) is 18.3 Å². The predicted molar refractivity (Wildman–Crippen MR) is 95.7 cm³/mol. The number of nitrogens with one attached hydrogen (secondary N) is 2. The molecule has 0 aliphatic heterocycles. The van der Waals surface area contributed by atoms with Crippen LogP contribution in [0.5, 0.6) is 0 Å². The molecule has 0 aromatic carbocycles. The number of aromatic nitrogens is 1. The average Bonchev–Trinajstić information content (AvgIpc) is 2.54. The monoisotopic (exact) mass is 333 g/mol. The Balaban J connectivity index is 1.98. The van der Waals surface area contributed by atoms with Gasteiger partial charge in [-0.25, -0.2) is 4.79 Å². The second-order valence-corrected chi connectivity index (χ2v) is 7.67. The van der Waals surface area contributed by atoms with Gasteiger partial charge in [-0.3, -0.25) is 4.98 Å². The van der Waals surface area contributed by atoms with Gasteiger partial charge in [0, 0.05) is 18.2 Å². The lowest BCUT2D eigenvalue weighted by Gasteiger charge is -2.38. The fourth-order valence-electron chi connectivity index (χ4n) is 3.44. The van der Waals surface area contributed by atoms with E-state index in [2.05, 4.69) is 36.4 Å². The van der Waals surface area contributed by atoms with Crippen molar-refractivity contribution in [3.8, 4) is 0 Å². The number of hydrogen-bond donors (Lipinski definition) is 3. The molecule has 0 saturated heterocycles. The molecule has 1 aromatic heterocycles. The third kappa shape index (κ3) is 4.47. The maximum atomic E-state index is 12.4. The molecule has 1 aromatic rings. The van der Waals surface area contributed by atoms with Crippen molar-refractivity contribution >= 4 is 6.03 Å². The first-order chi connectivity index (χ1) is 11.3. The van der Waals surface area contributed by atoms with Gasteiger partial charge in [0.2, 0.25) is 0 Å². The number of carbonyl (C=O) groups excluding carboxylic acids is 1. The van der Waals surface area contributed by atoms with Crippen LogP contribution in [0.2, 0.25) is 0 Å². The second-order valence-electron chi connectivity index (χ2n) is 7.67. The molecule has 3 N–H and O–H groups in total. The van der Waals surface area contributed by atoms with Crippen LogP contribution in [-0.4, -0.2) is 28.8 Å². The highest BCUT2D eigenvalue weighted by Crippen LogP contribution is 2.35. The summed E-state index contributed by atoms with van der Waals surface area (Å²) in [5.41, 5.74) is 1.75. The molecule has 0 spiro atoms. The highest BCUT2D eigenvalue weighted by atomic mass is 16.3. The van der Waals surface area contributed by atoms with Gasteiger partial charge in [0.1, 0.15) is 0 Å². The van der Waals surface area contributed by atoms with E-state index in [0.29, 0.717) is 6.54 Å². The van der Waals surface area contributed by atoms with Gasteiger partial charge in [0.25, 0.3) is 0 Å². The number of hydrogen-bond acceptors (Lipinski definition) is 3. The molecular formula is C19H31N3O2. The third-order valence-corrected chi connectivity index (χ3v) is 5.23. The molecule has 134 valence electrons. The minimum absolute atomic E-state index is 0.129. The van der Waals surface area contributed by atoms with Crippen LogP contribution in [0.15, 0.2) is 18.3 Å². The van der Waals surface area contributed by atoms with Gasteiger partial charge in [0.05, 0.1) is 17.8 Å². The van der Waals surface area contributed by atoms with Crippen molar-refractivity contribution in [1.29, 1.82) is 0 Å². The Morgan fingerprint density at radius 3 is 2.83 bits per heavy atom. The van der Waals surface area contributed by atoms with E-state index in [0.717, 1.165) is 36.9 Å². The molecular weight excluding hydrogens is 302 g/mol. The summed E-state index contributed by atoms with van der Waals surface area (Å²) in [5, 5.41) is 16.3.